The Hall–Kier alpha value is -1.55. The van der Waals surface area contributed by atoms with E-state index in [9.17, 15) is 4.79 Å². The minimum atomic E-state index is 0.0306. The number of carbonyl (C=O) groups is 1. The molecule has 4 nitrogen and oxygen atoms in total. The lowest BCUT2D eigenvalue weighted by atomic mass is 10.1. The van der Waals surface area contributed by atoms with E-state index in [1.165, 1.54) is 0 Å². The molecule has 4 heteroatoms. The van der Waals surface area contributed by atoms with Gasteiger partial charge in [-0.1, -0.05) is 0 Å². The number of rotatable bonds is 3. The molecule has 0 saturated carbocycles. The van der Waals surface area contributed by atoms with Gasteiger partial charge in [-0.15, -0.1) is 0 Å². The zero-order valence-corrected chi connectivity index (χ0v) is 11.0. The largest absolute Gasteiger partial charge is 0.399 e. The smallest absolute Gasteiger partial charge is 0.253 e. The predicted molar refractivity (Wildman–Crippen MR) is 71.5 cm³/mol. The molecule has 1 unspecified atom stereocenters. The average Bonchev–Trinajstić information content (AvgIpc) is 2.81. The van der Waals surface area contributed by atoms with Gasteiger partial charge in [0.25, 0.3) is 5.91 Å². The third-order valence-electron chi connectivity index (χ3n) is 3.33. The second-order valence-corrected chi connectivity index (χ2v) is 4.90. The van der Waals surface area contributed by atoms with Crippen molar-refractivity contribution in [1.29, 1.82) is 0 Å². The van der Waals surface area contributed by atoms with Gasteiger partial charge in [0, 0.05) is 31.5 Å². The van der Waals surface area contributed by atoms with E-state index in [-0.39, 0.29) is 12.0 Å². The second-order valence-electron chi connectivity index (χ2n) is 4.90. The van der Waals surface area contributed by atoms with Gasteiger partial charge in [0.15, 0.2) is 0 Å². The summed E-state index contributed by atoms with van der Waals surface area (Å²) in [6.07, 6.45) is 2.32. The molecule has 98 valence electrons. The summed E-state index contributed by atoms with van der Waals surface area (Å²) in [6, 6.07) is 5.38. The molecular weight excluding hydrogens is 228 g/mol. The van der Waals surface area contributed by atoms with Crippen molar-refractivity contribution >= 4 is 11.6 Å². The van der Waals surface area contributed by atoms with Gasteiger partial charge in [0.1, 0.15) is 0 Å². The first-order chi connectivity index (χ1) is 8.58. The fourth-order valence-electron chi connectivity index (χ4n) is 2.31. The van der Waals surface area contributed by atoms with Crippen LogP contribution in [0.3, 0.4) is 0 Å². The van der Waals surface area contributed by atoms with Gasteiger partial charge >= 0.3 is 0 Å². The maximum Gasteiger partial charge on any atom is 0.253 e. The number of nitrogens with zero attached hydrogens (tertiary/aromatic N) is 1. The molecule has 1 heterocycles. The summed E-state index contributed by atoms with van der Waals surface area (Å²) in [5.41, 5.74) is 8.01. The van der Waals surface area contributed by atoms with Crippen LogP contribution in [0.5, 0.6) is 0 Å². The Balaban J connectivity index is 2.05. The quantitative estimate of drug-likeness (QED) is 0.830. The molecule has 18 heavy (non-hydrogen) atoms. The fraction of sp³-hybridized carbons (Fsp3) is 0.500. The van der Waals surface area contributed by atoms with Crippen molar-refractivity contribution in [3.63, 3.8) is 0 Å². The van der Waals surface area contributed by atoms with Crippen molar-refractivity contribution in [2.24, 2.45) is 0 Å². The second kappa shape index (κ2) is 5.40. The molecule has 2 rings (SSSR count). The Morgan fingerprint density at radius 2 is 2.33 bits per heavy atom. The van der Waals surface area contributed by atoms with E-state index in [1.54, 1.807) is 17.0 Å². The van der Waals surface area contributed by atoms with Crippen LogP contribution < -0.4 is 5.73 Å². The molecule has 1 fully saturated rings. The maximum absolute atomic E-state index is 12.3. The summed E-state index contributed by atoms with van der Waals surface area (Å²) < 4.78 is 5.55. The normalized spacial score (nSPS) is 18.9. The fourth-order valence-corrected chi connectivity index (χ4v) is 2.31. The van der Waals surface area contributed by atoms with E-state index in [1.807, 2.05) is 20.0 Å². The summed E-state index contributed by atoms with van der Waals surface area (Å²) >= 11 is 0. The van der Waals surface area contributed by atoms with Crippen LogP contribution in [0.25, 0.3) is 0 Å². The Labute approximate surface area is 108 Å². The zero-order valence-electron chi connectivity index (χ0n) is 11.0. The van der Waals surface area contributed by atoms with Crippen LogP contribution >= 0.6 is 0 Å². The lowest BCUT2D eigenvalue weighted by Crippen LogP contribution is -2.34. The van der Waals surface area contributed by atoms with Crippen molar-refractivity contribution in [1.82, 2.24) is 4.90 Å². The lowest BCUT2D eigenvalue weighted by molar-refractivity contribution is 0.0586. The maximum atomic E-state index is 12.3. The standard InChI is InChI=1S/C14H20N2O2/c1-10-8-11(15)5-6-13(10)14(17)16(2)9-12-4-3-7-18-12/h5-6,8,12H,3-4,7,9,15H2,1-2H3. The number of nitrogen functional groups attached to an aromatic ring is 1. The molecule has 0 aromatic heterocycles. The molecule has 1 aliphatic heterocycles. The van der Waals surface area contributed by atoms with Crippen LogP contribution in [0, 0.1) is 6.92 Å². The number of nitrogens with two attached hydrogens (primary N) is 1. The van der Waals surface area contributed by atoms with E-state index in [0.29, 0.717) is 17.8 Å². The van der Waals surface area contributed by atoms with Crippen molar-refractivity contribution in [3.8, 4) is 0 Å². The molecule has 1 amide bonds. The van der Waals surface area contributed by atoms with Gasteiger partial charge in [0.05, 0.1) is 6.10 Å². The molecule has 2 N–H and O–H groups in total. The van der Waals surface area contributed by atoms with E-state index in [2.05, 4.69) is 0 Å². The first kappa shape index (κ1) is 12.9. The monoisotopic (exact) mass is 248 g/mol. The third kappa shape index (κ3) is 2.82. The van der Waals surface area contributed by atoms with Crippen molar-refractivity contribution in [2.45, 2.75) is 25.9 Å². The highest BCUT2D eigenvalue weighted by molar-refractivity contribution is 5.95. The van der Waals surface area contributed by atoms with Gasteiger partial charge in [-0.3, -0.25) is 4.79 Å². The number of anilines is 1. The Kier molecular flexibility index (Phi) is 3.87. The molecule has 0 bridgehead atoms. The third-order valence-corrected chi connectivity index (χ3v) is 3.33. The number of likely N-dealkylation sites (N-methyl/N-ethyl adjacent to an activating group) is 1. The summed E-state index contributed by atoms with van der Waals surface area (Å²) in [5.74, 6) is 0.0306. The SMILES string of the molecule is Cc1cc(N)ccc1C(=O)N(C)CC1CCCO1. The number of aryl methyl sites for hydroxylation is 1. The van der Waals surface area contributed by atoms with Crippen LogP contribution in [0.2, 0.25) is 0 Å². The number of benzene rings is 1. The molecule has 1 saturated heterocycles. The van der Waals surface area contributed by atoms with Crippen molar-refractivity contribution in [2.75, 3.05) is 25.9 Å². The van der Waals surface area contributed by atoms with Crippen LogP contribution in [-0.2, 0) is 4.74 Å². The Morgan fingerprint density at radius 1 is 1.56 bits per heavy atom. The number of ether oxygens (including phenoxy) is 1. The molecule has 0 aliphatic carbocycles. The minimum absolute atomic E-state index is 0.0306. The van der Waals surface area contributed by atoms with Crippen molar-refractivity contribution in [3.05, 3.63) is 29.3 Å². The van der Waals surface area contributed by atoms with Crippen LogP contribution in [0.1, 0.15) is 28.8 Å². The van der Waals surface area contributed by atoms with Gasteiger partial charge in [-0.2, -0.15) is 0 Å². The Bertz CT molecular complexity index is 439. The lowest BCUT2D eigenvalue weighted by Gasteiger charge is -2.21. The number of amides is 1. The predicted octanol–water partition coefficient (Wildman–Crippen LogP) is 1.83. The van der Waals surface area contributed by atoms with Gasteiger partial charge in [0.2, 0.25) is 0 Å². The summed E-state index contributed by atoms with van der Waals surface area (Å²) in [6.45, 7) is 3.37. The van der Waals surface area contributed by atoms with Gasteiger partial charge in [-0.05, 0) is 43.5 Å². The van der Waals surface area contributed by atoms with E-state index in [0.717, 1.165) is 25.0 Å². The van der Waals surface area contributed by atoms with E-state index < -0.39 is 0 Å². The highest BCUT2D eigenvalue weighted by atomic mass is 16.5. The van der Waals surface area contributed by atoms with E-state index in [4.69, 9.17) is 10.5 Å². The number of hydrogen-bond donors (Lipinski definition) is 1. The van der Waals surface area contributed by atoms with Crippen molar-refractivity contribution < 1.29 is 9.53 Å². The highest BCUT2D eigenvalue weighted by Crippen LogP contribution is 2.17. The summed E-state index contributed by atoms with van der Waals surface area (Å²) in [5, 5.41) is 0. The van der Waals surface area contributed by atoms with Crippen LogP contribution in [0.15, 0.2) is 18.2 Å². The first-order valence-corrected chi connectivity index (χ1v) is 6.31. The molecule has 1 aromatic carbocycles. The summed E-state index contributed by atoms with van der Waals surface area (Å²) in [4.78, 5) is 14.0. The number of hydrogen-bond acceptors (Lipinski definition) is 3. The average molecular weight is 248 g/mol. The van der Waals surface area contributed by atoms with Gasteiger partial charge in [-0.25, -0.2) is 0 Å². The van der Waals surface area contributed by atoms with E-state index >= 15 is 0 Å². The minimum Gasteiger partial charge on any atom is -0.399 e. The van der Waals surface area contributed by atoms with Crippen LogP contribution in [0.4, 0.5) is 5.69 Å². The van der Waals surface area contributed by atoms with Crippen LogP contribution in [-0.4, -0.2) is 37.1 Å². The molecular formula is C14H20N2O2. The Morgan fingerprint density at radius 3 is 2.94 bits per heavy atom. The molecule has 0 spiro atoms. The molecule has 1 atom stereocenters. The molecule has 0 radical (unpaired) electrons. The topological polar surface area (TPSA) is 55.6 Å². The number of carbonyl (C=O) groups excluding carboxylic acids is 1. The zero-order chi connectivity index (χ0) is 13.1. The highest BCUT2D eigenvalue weighted by Gasteiger charge is 2.21. The summed E-state index contributed by atoms with van der Waals surface area (Å²) in [7, 11) is 1.82. The first-order valence-electron chi connectivity index (χ1n) is 6.31. The molecule has 1 aliphatic rings. The van der Waals surface area contributed by atoms with Gasteiger partial charge < -0.3 is 15.4 Å². The molecule has 1 aromatic rings.